The molecule has 1 aromatic rings. The molecule has 0 radical (unpaired) electrons. The predicted molar refractivity (Wildman–Crippen MR) is 75.2 cm³/mol. The molecule has 0 aliphatic carbocycles. The third kappa shape index (κ3) is 7.69. The van der Waals surface area contributed by atoms with Gasteiger partial charge in [0.1, 0.15) is 16.4 Å². The summed E-state index contributed by atoms with van der Waals surface area (Å²) in [5, 5.41) is 38.6. The molecule has 0 bridgehead atoms. The van der Waals surface area contributed by atoms with Crippen molar-refractivity contribution in [2.75, 3.05) is 0 Å². The van der Waals surface area contributed by atoms with Crippen LogP contribution in [0, 0.1) is 5.21 Å². The highest BCUT2D eigenvalue weighted by molar-refractivity contribution is 7.81. The number of nitrogens with zero attached hydrogens (tertiary/aromatic N) is 1. The Hall–Kier alpha value is -1.23. The summed E-state index contributed by atoms with van der Waals surface area (Å²) in [6.07, 6.45) is 0. The van der Waals surface area contributed by atoms with Gasteiger partial charge >= 0.3 is 0 Å². The number of quaternary nitrogens is 1. The van der Waals surface area contributed by atoms with Crippen molar-refractivity contribution in [3.63, 3.8) is 0 Å². The van der Waals surface area contributed by atoms with E-state index < -0.39 is 10.2 Å². The summed E-state index contributed by atoms with van der Waals surface area (Å²) in [4.78, 5) is 8.60. The molecule has 0 saturated heterocycles. The van der Waals surface area contributed by atoms with Gasteiger partial charge in [-0.3, -0.25) is 10.0 Å². The highest BCUT2D eigenvalue weighted by Gasteiger charge is 2.12. The lowest BCUT2D eigenvalue weighted by Gasteiger charge is -2.23. The van der Waals surface area contributed by atoms with Crippen LogP contribution in [-0.2, 0) is 9.78 Å². The van der Waals surface area contributed by atoms with E-state index in [0.29, 0.717) is 0 Å². The number of benzene rings is 1. The molecule has 0 aliphatic heterocycles. The van der Waals surface area contributed by atoms with Crippen molar-refractivity contribution in [1.82, 2.24) is 27.5 Å². The second-order valence-electron chi connectivity index (χ2n) is 4.42. The third-order valence-electron chi connectivity index (χ3n) is 1.89. The van der Waals surface area contributed by atoms with Gasteiger partial charge in [-0.2, -0.15) is 5.23 Å². The van der Waals surface area contributed by atoms with Gasteiger partial charge in [-0.25, -0.2) is 0 Å². The maximum Gasteiger partial charge on any atom is 0.173 e. The SMILES string of the molecule is CC(C)(S)ONNN(O)NNO[NH+]([O-])c1cc(O)cc(O)c1. The van der Waals surface area contributed by atoms with Gasteiger partial charge in [-0.15, -0.1) is 29.3 Å². The van der Waals surface area contributed by atoms with Gasteiger partial charge in [0.05, 0.1) is 0 Å². The molecule has 1 rings (SSSR count). The van der Waals surface area contributed by atoms with Gasteiger partial charge in [0.15, 0.2) is 5.69 Å². The Labute approximate surface area is 130 Å². The van der Waals surface area contributed by atoms with E-state index >= 15 is 0 Å². The number of hydrazine groups is 4. The molecule has 0 aromatic heterocycles. The largest absolute Gasteiger partial charge is 0.593 e. The van der Waals surface area contributed by atoms with Crippen molar-refractivity contribution in [2.24, 2.45) is 0 Å². The number of hydrogen-bond acceptors (Lipinski definition) is 12. The Balaban J connectivity index is 2.28. The lowest BCUT2D eigenvalue weighted by Crippen LogP contribution is -3.02. The summed E-state index contributed by atoms with van der Waals surface area (Å²) < 4.78 is 0. The lowest BCUT2D eigenvalue weighted by molar-refractivity contribution is -1.01. The minimum Gasteiger partial charge on any atom is -0.593 e. The standard InChI is InChI=1S/C9H18N6O6S/c1-9(2,22)20-12-10-15(19)11-13-21-14(18)6-3-7(16)5-8(17)4-6/h3-5,10-14,16-17,19,22H,1-2H3. The van der Waals surface area contributed by atoms with E-state index in [1.54, 1.807) is 13.8 Å². The van der Waals surface area contributed by atoms with E-state index in [0.717, 1.165) is 18.2 Å². The smallest absolute Gasteiger partial charge is 0.173 e. The first-order valence-corrected chi connectivity index (χ1v) is 6.27. The fourth-order valence-corrected chi connectivity index (χ4v) is 1.15. The van der Waals surface area contributed by atoms with Crippen LogP contribution in [0.25, 0.3) is 0 Å². The molecule has 1 atom stereocenters. The highest BCUT2D eigenvalue weighted by Crippen LogP contribution is 2.21. The third-order valence-corrected chi connectivity index (χ3v) is 1.98. The first-order chi connectivity index (χ1) is 10.2. The van der Waals surface area contributed by atoms with Crippen molar-refractivity contribution in [3.8, 4) is 11.5 Å². The molecule has 0 saturated carbocycles. The van der Waals surface area contributed by atoms with E-state index in [1.807, 2.05) is 11.1 Å². The Bertz CT molecular complexity index is 454. The fraction of sp³-hybridized carbons (Fsp3) is 0.333. The molecule has 12 nitrogen and oxygen atoms in total. The maximum atomic E-state index is 11.6. The summed E-state index contributed by atoms with van der Waals surface area (Å²) in [6.45, 7) is 3.29. The zero-order chi connectivity index (χ0) is 16.8. The number of nitrogens with one attached hydrogen (secondary N) is 5. The topological polar surface area (TPSA) is 158 Å². The molecule has 1 unspecified atom stereocenters. The second-order valence-corrected chi connectivity index (χ2v) is 5.49. The zero-order valence-corrected chi connectivity index (χ0v) is 12.6. The van der Waals surface area contributed by atoms with Crippen LogP contribution in [0.15, 0.2) is 18.2 Å². The van der Waals surface area contributed by atoms with Crippen LogP contribution in [0.3, 0.4) is 0 Å². The molecule has 0 fully saturated rings. The minimum absolute atomic E-state index is 0.109. The predicted octanol–water partition coefficient (Wildman–Crippen LogP) is -1.73. The lowest BCUT2D eigenvalue weighted by atomic mass is 10.3. The maximum absolute atomic E-state index is 11.6. The second kappa shape index (κ2) is 8.42. The number of hydrogen-bond donors (Lipinski definition) is 9. The minimum atomic E-state index is -0.923. The van der Waals surface area contributed by atoms with Crippen molar-refractivity contribution >= 4 is 18.3 Å². The zero-order valence-electron chi connectivity index (χ0n) is 11.7. The number of thiol groups is 1. The first-order valence-electron chi connectivity index (χ1n) is 5.82. The summed E-state index contributed by atoms with van der Waals surface area (Å²) in [6, 6.07) is 3.22. The van der Waals surface area contributed by atoms with Crippen LogP contribution in [0.2, 0.25) is 0 Å². The summed E-state index contributed by atoms with van der Waals surface area (Å²) in [7, 11) is 0. The van der Waals surface area contributed by atoms with E-state index in [2.05, 4.69) is 28.7 Å². The summed E-state index contributed by atoms with van der Waals surface area (Å²) >= 11 is 4.04. The van der Waals surface area contributed by atoms with Crippen LogP contribution in [0.1, 0.15) is 13.8 Å². The average Bonchev–Trinajstić information content (AvgIpc) is 2.35. The summed E-state index contributed by atoms with van der Waals surface area (Å²) in [5.74, 6) is -0.609. The van der Waals surface area contributed by atoms with E-state index in [1.165, 1.54) is 0 Å². The average molecular weight is 338 g/mol. The molecule has 13 heteroatoms. The summed E-state index contributed by atoms with van der Waals surface area (Å²) in [5.41, 5.74) is 8.03. The van der Waals surface area contributed by atoms with Crippen LogP contribution >= 0.6 is 12.6 Å². The van der Waals surface area contributed by atoms with Gasteiger partial charge < -0.3 is 15.4 Å². The molecule has 8 N–H and O–H groups in total. The molecule has 0 heterocycles. The number of phenolic OH excluding ortho intramolecular Hbond substituents is 2. The van der Waals surface area contributed by atoms with Crippen LogP contribution in [-0.4, -0.2) is 25.6 Å². The quantitative estimate of drug-likeness (QED) is 0.143. The molecule has 22 heavy (non-hydrogen) atoms. The molecule has 0 amide bonds. The highest BCUT2D eigenvalue weighted by atomic mass is 32.1. The Kier molecular flexibility index (Phi) is 7.20. The van der Waals surface area contributed by atoms with Crippen LogP contribution in [0.5, 0.6) is 11.5 Å². The van der Waals surface area contributed by atoms with Crippen LogP contribution in [0.4, 0.5) is 5.69 Å². The Morgan fingerprint density at radius 1 is 1.18 bits per heavy atom. The van der Waals surface area contributed by atoms with Crippen molar-refractivity contribution in [3.05, 3.63) is 23.4 Å². The molecule has 0 spiro atoms. The van der Waals surface area contributed by atoms with Gasteiger partial charge in [0.25, 0.3) is 0 Å². The number of rotatable bonds is 9. The molecule has 0 aliphatic rings. The Morgan fingerprint density at radius 2 is 1.73 bits per heavy atom. The molecule has 1 aromatic carbocycles. The molecular weight excluding hydrogens is 320 g/mol. The molecular formula is C9H18N6O6S. The molecule has 126 valence electrons. The number of aromatic hydroxyl groups is 2. The van der Waals surface area contributed by atoms with E-state index in [9.17, 15) is 20.6 Å². The van der Waals surface area contributed by atoms with E-state index in [4.69, 9.17) is 4.84 Å². The van der Waals surface area contributed by atoms with Gasteiger partial charge in [0.2, 0.25) is 0 Å². The van der Waals surface area contributed by atoms with E-state index in [-0.39, 0.29) is 22.5 Å². The normalized spacial score (nSPS) is 13.5. The van der Waals surface area contributed by atoms with Crippen molar-refractivity contribution in [2.45, 2.75) is 18.8 Å². The van der Waals surface area contributed by atoms with Crippen LogP contribution < -0.4 is 27.5 Å². The number of phenols is 2. The first kappa shape index (κ1) is 18.8. The van der Waals surface area contributed by atoms with Crippen molar-refractivity contribution in [1.29, 1.82) is 0 Å². The fourth-order valence-electron chi connectivity index (χ4n) is 1.10. The van der Waals surface area contributed by atoms with Gasteiger partial charge in [0, 0.05) is 18.2 Å². The Morgan fingerprint density at radius 3 is 2.27 bits per heavy atom. The monoisotopic (exact) mass is 338 g/mol. The van der Waals surface area contributed by atoms with Crippen molar-refractivity contribution < 1.29 is 30.4 Å². The van der Waals surface area contributed by atoms with Gasteiger partial charge in [-0.1, -0.05) is 10.5 Å². The van der Waals surface area contributed by atoms with Gasteiger partial charge in [-0.05, 0) is 19.1 Å².